The third kappa shape index (κ3) is 2.14. The van der Waals surface area contributed by atoms with Crippen LogP contribution in [0.5, 0.6) is 0 Å². The van der Waals surface area contributed by atoms with Crippen molar-refractivity contribution in [2.45, 2.75) is 39.0 Å². The predicted molar refractivity (Wildman–Crippen MR) is 54.8 cm³/mol. The summed E-state index contributed by atoms with van der Waals surface area (Å²) in [5.41, 5.74) is 3.25. The standard InChI is InChI=1S/C11H14N2O2/c1-7-8-4-2-3-5-9(8)13-10(12-7)6-11(14)15/h2-6H2,1H3,(H,14,15). The Morgan fingerprint density at radius 3 is 2.80 bits per heavy atom. The van der Waals surface area contributed by atoms with Crippen LogP contribution in [0.25, 0.3) is 0 Å². The van der Waals surface area contributed by atoms with Gasteiger partial charge in [0, 0.05) is 11.4 Å². The molecule has 1 aromatic heterocycles. The van der Waals surface area contributed by atoms with Crippen molar-refractivity contribution in [3.05, 3.63) is 22.8 Å². The van der Waals surface area contributed by atoms with E-state index in [1.54, 1.807) is 0 Å². The zero-order valence-corrected chi connectivity index (χ0v) is 8.79. The molecule has 1 heterocycles. The van der Waals surface area contributed by atoms with Crippen LogP contribution in [0.3, 0.4) is 0 Å². The van der Waals surface area contributed by atoms with E-state index in [0.29, 0.717) is 5.82 Å². The first kappa shape index (κ1) is 10.1. The van der Waals surface area contributed by atoms with Crippen LogP contribution < -0.4 is 0 Å². The monoisotopic (exact) mass is 206 g/mol. The highest BCUT2D eigenvalue weighted by Crippen LogP contribution is 2.21. The van der Waals surface area contributed by atoms with Crippen molar-refractivity contribution in [3.8, 4) is 0 Å². The number of aromatic nitrogens is 2. The summed E-state index contributed by atoms with van der Waals surface area (Å²) in [6.07, 6.45) is 4.26. The second-order valence-corrected chi connectivity index (χ2v) is 3.93. The molecule has 0 aromatic carbocycles. The molecule has 0 radical (unpaired) electrons. The Hall–Kier alpha value is -1.45. The number of nitrogens with zero attached hydrogens (tertiary/aromatic N) is 2. The van der Waals surface area contributed by atoms with Gasteiger partial charge in [0.25, 0.3) is 0 Å². The molecule has 15 heavy (non-hydrogen) atoms. The van der Waals surface area contributed by atoms with Gasteiger partial charge in [-0.3, -0.25) is 4.79 Å². The molecule has 0 amide bonds. The Kier molecular flexibility index (Phi) is 2.66. The quantitative estimate of drug-likeness (QED) is 0.792. The number of hydrogen-bond donors (Lipinski definition) is 1. The molecule has 2 rings (SSSR count). The molecule has 0 saturated heterocycles. The average Bonchev–Trinajstić information content (AvgIpc) is 2.16. The number of fused-ring (bicyclic) bond motifs is 1. The van der Waals surface area contributed by atoms with Gasteiger partial charge in [-0.25, -0.2) is 9.97 Å². The van der Waals surface area contributed by atoms with Gasteiger partial charge in [-0.2, -0.15) is 0 Å². The molecule has 4 nitrogen and oxygen atoms in total. The highest BCUT2D eigenvalue weighted by molar-refractivity contribution is 5.69. The van der Waals surface area contributed by atoms with E-state index in [1.165, 1.54) is 12.0 Å². The van der Waals surface area contributed by atoms with Crippen molar-refractivity contribution in [3.63, 3.8) is 0 Å². The summed E-state index contributed by atoms with van der Waals surface area (Å²) in [5.74, 6) is -0.425. The Morgan fingerprint density at radius 1 is 1.33 bits per heavy atom. The molecule has 1 aromatic rings. The Morgan fingerprint density at radius 2 is 2.07 bits per heavy atom. The number of hydrogen-bond acceptors (Lipinski definition) is 3. The van der Waals surface area contributed by atoms with E-state index in [1.807, 2.05) is 6.92 Å². The lowest BCUT2D eigenvalue weighted by molar-refractivity contribution is -0.136. The third-order valence-corrected chi connectivity index (χ3v) is 2.75. The fourth-order valence-electron chi connectivity index (χ4n) is 2.06. The highest BCUT2D eigenvalue weighted by atomic mass is 16.4. The molecular weight excluding hydrogens is 192 g/mol. The summed E-state index contributed by atoms with van der Waals surface area (Å²) in [6, 6.07) is 0. The number of carbonyl (C=O) groups is 1. The van der Waals surface area contributed by atoms with E-state index in [2.05, 4.69) is 9.97 Å². The summed E-state index contributed by atoms with van der Waals surface area (Å²) >= 11 is 0. The molecule has 0 aliphatic heterocycles. The zero-order valence-electron chi connectivity index (χ0n) is 8.79. The molecule has 0 unspecified atom stereocenters. The second kappa shape index (κ2) is 3.96. The second-order valence-electron chi connectivity index (χ2n) is 3.93. The van der Waals surface area contributed by atoms with Gasteiger partial charge in [0.05, 0.1) is 0 Å². The van der Waals surface area contributed by atoms with Crippen LogP contribution in [-0.4, -0.2) is 21.0 Å². The number of carboxylic acid groups (broad SMARTS) is 1. The van der Waals surface area contributed by atoms with Crippen LogP contribution in [0.15, 0.2) is 0 Å². The van der Waals surface area contributed by atoms with Crippen LogP contribution in [0.4, 0.5) is 0 Å². The van der Waals surface area contributed by atoms with Crippen molar-refractivity contribution in [2.24, 2.45) is 0 Å². The first-order valence-electron chi connectivity index (χ1n) is 5.24. The number of aliphatic carboxylic acids is 1. The molecule has 0 saturated carbocycles. The number of aryl methyl sites for hydroxylation is 2. The maximum Gasteiger partial charge on any atom is 0.311 e. The third-order valence-electron chi connectivity index (χ3n) is 2.75. The van der Waals surface area contributed by atoms with E-state index < -0.39 is 5.97 Å². The lowest BCUT2D eigenvalue weighted by atomic mass is 9.95. The van der Waals surface area contributed by atoms with Gasteiger partial charge in [-0.05, 0) is 38.2 Å². The van der Waals surface area contributed by atoms with Crippen LogP contribution in [0.1, 0.15) is 35.6 Å². The normalized spacial score (nSPS) is 14.7. The first-order chi connectivity index (χ1) is 7.16. The zero-order chi connectivity index (χ0) is 10.8. The van der Waals surface area contributed by atoms with Crippen molar-refractivity contribution in [1.82, 2.24) is 9.97 Å². The van der Waals surface area contributed by atoms with Crippen molar-refractivity contribution < 1.29 is 9.90 Å². The molecule has 1 aliphatic carbocycles. The number of carboxylic acids is 1. The maximum absolute atomic E-state index is 10.6. The minimum atomic E-state index is -0.870. The van der Waals surface area contributed by atoms with Crippen LogP contribution in [-0.2, 0) is 24.1 Å². The molecule has 0 bridgehead atoms. The topological polar surface area (TPSA) is 63.1 Å². The molecule has 1 aliphatic rings. The van der Waals surface area contributed by atoms with Gasteiger partial charge < -0.3 is 5.11 Å². The molecule has 80 valence electrons. The summed E-state index contributed by atoms with van der Waals surface area (Å²) in [4.78, 5) is 19.1. The van der Waals surface area contributed by atoms with Crippen LogP contribution in [0, 0.1) is 6.92 Å². The summed E-state index contributed by atoms with van der Waals surface area (Å²) in [7, 11) is 0. The van der Waals surface area contributed by atoms with Crippen molar-refractivity contribution in [2.75, 3.05) is 0 Å². The Bertz CT molecular complexity index is 402. The van der Waals surface area contributed by atoms with E-state index in [-0.39, 0.29) is 6.42 Å². The molecule has 4 heteroatoms. The van der Waals surface area contributed by atoms with Crippen LogP contribution in [0.2, 0.25) is 0 Å². The smallest absolute Gasteiger partial charge is 0.311 e. The Balaban J connectivity index is 2.36. The summed E-state index contributed by atoms with van der Waals surface area (Å²) in [5, 5.41) is 8.68. The van der Waals surface area contributed by atoms with Gasteiger partial charge >= 0.3 is 5.97 Å². The number of rotatable bonds is 2. The van der Waals surface area contributed by atoms with Gasteiger partial charge in [0.15, 0.2) is 0 Å². The minimum absolute atomic E-state index is 0.0753. The van der Waals surface area contributed by atoms with Gasteiger partial charge in [-0.15, -0.1) is 0 Å². The van der Waals surface area contributed by atoms with Gasteiger partial charge in [0.2, 0.25) is 0 Å². The van der Waals surface area contributed by atoms with Gasteiger partial charge in [0.1, 0.15) is 12.2 Å². The maximum atomic E-state index is 10.6. The van der Waals surface area contributed by atoms with E-state index in [0.717, 1.165) is 30.7 Å². The highest BCUT2D eigenvalue weighted by Gasteiger charge is 2.16. The molecular formula is C11H14N2O2. The van der Waals surface area contributed by atoms with Gasteiger partial charge in [-0.1, -0.05) is 0 Å². The SMILES string of the molecule is Cc1nc(CC(=O)O)nc2c1CCCC2. The first-order valence-corrected chi connectivity index (χ1v) is 5.24. The molecule has 0 spiro atoms. The minimum Gasteiger partial charge on any atom is -0.481 e. The average molecular weight is 206 g/mol. The fourth-order valence-corrected chi connectivity index (χ4v) is 2.06. The van der Waals surface area contributed by atoms with E-state index in [4.69, 9.17) is 5.11 Å². The lowest BCUT2D eigenvalue weighted by Crippen LogP contribution is -2.14. The lowest BCUT2D eigenvalue weighted by Gasteiger charge is -2.16. The van der Waals surface area contributed by atoms with E-state index >= 15 is 0 Å². The summed E-state index contributed by atoms with van der Waals surface area (Å²) < 4.78 is 0. The molecule has 0 fully saturated rings. The molecule has 0 atom stereocenters. The van der Waals surface area contributed by atoms with Crippen molar-refractivity contribution in [1.29, 1.82) is 0 Å². The predicted octanol–water partition coefficient (Wildman–Crippen LogP) is 1.29. The summed E-state index contributed by atoms with van der Waals surface area (Å²) in [6.45, 7) is 1.94. The fraction of sp³-hybridized carbons (Fsp3) is 0.545. The van der Waals surface area contributed by atoms with E-state index in [9.17, 15) is 4.79 Å². The molecule has 1 N–H and O–H groups in total. The van der Waals surface area contributed by atoms with Crippen molar-refractivity contribution >= 4 is 5.97 Å². The van der Waals surface area contributed by atoms with Crippen LogP contribution >= 0.6 is 0 Å². The largest absolute Gasteiger partial charge is 0.481 e. The Labute approximate surface area is 88.4 Å².